The highest BCUT2D eigenvalue weighted by atomic mass is 16.5. The van der Waals surface area contributed by atoms with Crippen LogP contribution in [0.3, 0.4) is 0 Å². The minimum absolute atomic E-state index is 0.0417. The van der Waals surface area contributed by atoms with E-state index in [9.17, 15) is 0 Å². The second-order valence-corrected chi connectivity index (χ2v) is 5.70. The molecule has 19 heavy (non-hydrogen) atoms. The summed E-state index contributed by atoms with van der Waals surface area (Å²) in [5.41, 5.74) is 2.94. The molecular formula is C16H24N2O. The predicted octanol–water partition coefficient (Wildman–Crippen LogP) is 1.77. The van der Waals surface area contributed by atoms with E-state index in [4.69, 9.17) is 4.74 Å². The number of hydrogen-bond acceptors (Lipinski definition) is 3. The van der Waals surface area contributed by atoms with E-state index >= 15 is 0 Å². The molecule has 1 heterocycles. The van der Waals surface area contributed by atoms with Crippen LogP contribution in [0.5, 0.6) is 0 Å². The van der Waals surface area contributed by atoms with E-state index in [-0.39, 0.29) is 5.60 Å². The monoisotopic (exact) mass is 260 g/mol. The van der Waals surface area contributed by atoms with E-state index < -0.39 is 0 Å². The third-order valence-corrected chi connectivity index (χ3v) is 4.51. The molecule has 0 unspecified atom stereocenters. The minimum Gasteiger partial charge on any atom is -0.374 e. The first-order valence-electron chi connectivity index (χ1n) is 7.41. The summed E-state index contributed by atoms with van der Waals surface area (Å²) in [6.07, 6.45) is 3.49. The van der Waals surface area contributed by atoms with Crippen LogP contribution in [0.1, 0.15) is 24.0 Å². The second kappa shape index (κ2) is 5.61. The van der Waals surface area contributed by atoms with Crippen LogP contribution in [-0.4, -0.2) is 44.7 Å². The highest BCUT2D eigenvalue weighted by Gasteiger charge is 2.45. The fourth-order valence-electron chi connectivity index (χ4n) is 3.09. The van der Waals surface area contributed by atoms with Gasteiger partial charge in [0, 0.05) is 39.8 Å². The summed E-state index contributed by atoms with van der Waals surface area (Å²) in [4.78, 5) is 2.56. The normalized spacial score (nSPS) is 22.4. The summed E-state index contributed by atoms with van der Waals surface area (Å²) in [5.74, 6) is 0. The van der Waals surface area contributed by atoms with E-state index in [0.717, 1.165) is 19.5 Å². The number of rotatable bonds is 5. The zero-order chi connectivity index (χ0) is 13.1. The number of benzene rings is 1. The molecule has 1 saturated carbocycles. The van der Waals surface area contributed by atoms with E-state index in [1.165, 1.54) is 43.6 Å². The van der Waals surface area contributed by atoms with Gasteiger partial charge in [0.05, 0.1) is 5.60 Å². The fraction of sp³-hybridized carbons (Fsp3) is 0.625. The first-order valence-corrected chi connectivity index (χ1v) is 7.41. The van der Waals surface area contributed by atoms with Crippen LogP contribution in [0, 0.1) is 0 Å². The Morgan fingerprint density at radius 2 is 1.95 bits per heavy atom. The third-order valence-electron chi connectivity index (χ3n) is 4.51. The van der Waals surface area contributed by atoms with Crippen LogP contribution >= 0.6 is 0 Å². The number of nitrogens with one attached hydrogen (secondary N) is 1. The van der Waals surface area contributed by atoms with Crippen molar-refractivity contribution in [2.75, 3.05) is 39.8 Å². The Kier molecular flexibility index (Phi) is 3.87. The molecule has 3 nitrogen and oxygen atoms in total. The van der Waals surface area contributed by atoms with Gasteiger partial charge >= 0.3 is 0 Å². The van der Waals surface area contributed by atoms with Gasteiger partial charge in [0.2, 0.25) is 0 Å². The number of hydrogen-bond donors (Lipinski definition) is 1. The molecule has 0 amide bonds. The molecule has 1 aromatic carbocycles. The number of nitrogens with zero attached hydrogens (tertiary/aromatic N) is 1. The van der Waals surface area contributed by atoms with Crippen molar-refractivity contribution in [1.29, 1.82) is 0 Å². The fourth-order valence-corrected chi connectivity index (χ4v) is 3.09. The van der Waals surface area contributed by atoms with Crippen molar-refractivity contribution in [3.05, 3.63) is 35.4 Å². The quantitative estimate of drug-likeness (QED) is 0.873. The molecule has 1 saturated heterocycles. The summed E-state index contributed by atoms with van der Waals surface area (Å²) in [5, 5.41) is 3.41. The molecule has 0 spiro atoms. The molecule has 1 aliphatic heterocycles. The lowest BCUT2D eigenvalue weighted by molar-refractivity contribution is 0.0780. The lowest BCUT2D eigenvalue weighted by atomic mass is 9.98. The van der Waals surface area contributed by atoms with Gasteiger partial charge in [0.25, 0.3) is 0 Å². The molecule has 1 aliphatic carbocycles. The molecule has 1 aromatic rings. The van der Waals surface area contributed by atoms with Crippen LogP contribution in [0.2, 0.25) is 0 Å². The predicted molar refractivity (Wildman–Crippen MR) is 77.4 cm³/mol. The Morgan fingerprint density at radius 3 is 2.63 bits per heavy atom. The van der Waals surface area contributed by atoms with Crippen LogP contribution in [-0.2, 0) is 16.8 Å². The Hall–Kier alpha value is -0.900. The Balaban J connectivity index is 1.67. The van der Waals surface area contributed by atoms with Crippen molar-refractivity contribution in [2.24, 2.45) is 0 Å². The molecule has 3 rings (SSSR count). The molecule has 2 aliphatic rings. The van der Waals surface area contributed by atoms with Crippen LogP contribution < -0.4 is 5.32 Å². The molecule has 3 heteroatoms. The first kappa shape index (κ1) is 13.1. The molecule has 0 radical (unpaired) electrons. The first-order chi connectivity index (χ1) is 9.34. The summed E-state index contributed by atoms with van der Waals surface area (Å²) in [6.45, 7) is 5.78. The van der Waals surface area contributed by atoms with Gasteiger partial charge < -0.3 is 15.0 Å². The average Bonchev–Trinajstić information content (AvgIpc) is 3.28. The molecule has 2 fully saturated rings. The van der Waals surface area contributed by atoms with Crippen LogP contribution in [0.15, 0.2) is 24.3 Å². The maximum absolute atomic E-state index is 5.74. The summed E-state index contributed by atoms with van der Waals surface area (Å²) < 4.78 is 5.74. The molecule has 104 valence electrons. The third kappa shape index (κ3) is 2.83. The van der Waals surface area contributed by atoms with Crippen molar-refractivity contribution in [3.63, 3.8) is 0 Å². The molecule has 1 N–H and O–H groups in total. The summed E-state index contributed by atoms with van der Waals surface area (Å²) >= 11 is 0. The average molecular weight is 260 g/mol. The van der Waals surface area contributed by atoms with Gasteiger partial charge in [-0.3, -0.25) is 0 Å². The van der Waals surface area contributed by atoms with Gasteiger partial charge in [0.1, 0.15) is 0 Å². The van der Waals surface area contributed by atoms with Crippen LogP contribution in [0.25, 0.3) is 0 Å². The summed E-state index contributed by atoms with van der Waals surface area (Å²) in [7, 11) is 1.85. The molecule has 0 atom stereocenters. The smallest absolute Gasteiger partial charge is 0.0932 e. The van der Waals surface area contributed by atoms with Gasteiger partial charge in [-0.05, 0) is 30.4 Å². The van der Waals surface area contributed by atoms with Crippen molar-refractivity contribution in [2.45, 2.75) is 24.9 Å². The Bertz CT molecular complexity index is 423. The number of piperazine rings is 1. The lowest BCUT2D eigenvalue weighted by Gasteiger charge is -2.28. The van der Waals surface area contributed by atoms with Gasteiger partial charge in [-0.15, -0.1) is 0 Å². The van der Waals surface area contributed by atoms with Crippen LogP contribution in [0.4, 0.5) is 0 Å². The topological polar surface area (TPSA) is 24.5 Å². The molecule has 0 aromatic heterocycles. The van der Waals surface area contributed by atoms with Gasteiger partial charge in [-0.25, -0.2) is 0 Å². The van der Waals surface area contributed by atoms with E-state index in [2.05, 4.69) is 34.5 Å². The lowest BCUT2D eigenvalue weighted by Crippen LogP contribution is -2.44. The van der Waals surface area contributed by atoms with E-state index in [1.807, 2.05) is 7.11 Å². The highest BCUT2D eigenvalue weighted by Crippen LogP contribution is 2.49. The maximum atomic E-state index is 5.74. The standard InChI is InChI=1S/C16H24N2O/c1-19-16(7-8-16)15-5-3-2-4-14(15)6-11-18-12-9-17-10-13-18/h2-5,17H,6-13H2,1H3. The van der Waals surface area contributed by atoms with Crippen molar-refractivity contribution in [3.8, 4) is 0 Å². The Morgan fingerprint density at radius 1 is 1.21 bits per heavy atom. The van der Waals surface area contributed by atoms with Gasteiger partial charge in [0.15, 0.2) is 0 Å². The number of methoxy groups -OCH3 is 1. The van der Waals surface area contributed by atoms with Gasteiger partial charge in [-0.2, -0.15) is 0 Å². The van der Waals surface area contributed by atoms with Crippen molar-refractivity contribution >= 4 is 0 Å². The molecule has 0 bridgehead atoms. The zero-order valence-corrected chi connectivity index (χ0v) is 11.8. The zero-order valence-electron chi connectivity index (χ0n) is 11.8. The van der Waals surface area contributed by atoms with E-state index in [0.29, 0.717) is 0 Å². The largest absolute Gasteiger partial charge is 0.374 e. The van der Waals surface area contributed by atoms with Crippen molar-refractivity contribution < 1.29 is 4.74 Å². The maximum Gasteiger partial charge on any atom is 0.0932 e. The summed E-state index contributed by atoms with van der Waals surface area (Å²) in [6, 6.07) is 8.82. The van der Waals surface area contributed by atoms with Crippen molar-refractivity contribution in [1.82, 2.24) is 10.2 Å². The highest BCUT2D eigenvalue weighted by molar-refractivity contribution is 5.36. The van der Waals surface area contributed by atoms with Gasteiger partial charge in [-0.1, -0.05) is 24.3 Å². The molecular weight excluding hydrogens is 236 g/mol. The minimum atomic E-state index is 0.0417. The SMILES string of the molecule is COC1(c2ccccc2CCN2CCNCC2)CC1. The second-order valence-electron chi connectivity index (χ2n) is 5.70. The Labute approximate surface area is 115 Å². The number of ether oxygens (including phenoxy) is 1. The van der Waals surface area contributed by atoms with E-state index in [1.54, 1.807) is 0 Å².